The average molecular weight is 237 g/mol. The lowest BCUT2D eigenvalue weighted by atomic mass is 9.95. The fourth-order valence-electron chi connectivity index (χ4n) is 1.47. The molecule has 1 atom stereocenters. The van der Waals surface area contributed by atoms with Gasteiger partial charge in [0.25, 0.3) is 0 Å². The third kappa shape index (κ3) is 4.55. The Balaban J connectivity index is 2.53. The van der Waals surface area contributed by atoms with E-state index in [1.807, 2.05) is 27.7 Å². The lowest BCUT2D eigenvalue weighted by Gasteiger charge is -2.21. The molecule has 1 aromatic carbocycles. The molecule has 0 aliphatic rings. The maximum Gasteiger partial charge on any atom is 0.225 e. The molecule has 1 unspecified atom stereocenters. The summed E-state index contributed by atoms with van der Waals surface area (Å²) in [5, 5.41) is 2.95. The molecule has 3 heteroatoms. The van der Waals surface area contributed by atoms with Crippen LogP contribution < -0.4 is 5.32 Å². The van der Waals surface area contributed by atoms with Crippen LogP contribution in [0.2, 0.25) is 0 Å². The Morgan fingerprint density at radius 1 is 1.29 bits per heavy atom. The molecule has 0 bridgehead atoms. The van der Waals surface area contributed by atoms with Gasteiger partial charge in [-0.1, -0.05) is 32.9 Å². The standard InChI is InChI=1S/C14H20FNO/c1-10(16-13(17)14(2,3)4)9-11-5-7-12(15)8-6-11/h5-8,10H,9H2,1-4H3,(H,16,17). The smallest absolute Gasteiger partial charge is 0.225 e. The molecular formula is C14H20FNO. The van der Waals surface area contributed by atoms with E-state index in [1.54, 1.807) is 12.1 Å². The van der Waals surface area contributed by atoms with E-state index in [4.69, 9.17) is 0 Å². The molecule has 0 aliphatic carbocycles. The maximum atomic E-state index is 12.7. The number of hydrogen-bond donors (Lipinski definition) is 1. The fourth-order valence-corrected chi connectivity index (χ4v) is 1.47. The van der Waals surface area contributed by atoms with Crippen molar-refractivity contribution >= 4 is 5.91 Å². The summed E-state index contributed by atoms with van der Waals surface area (Å²) in [6.07, 6.45) is 0.710. The van der Waals surface area contributed by atoms with E-state index in [-0.39, 0.29) is 23.2 Å². The number of amides is 1. The summed E-state index contributed by atoms with van der Waals surface area (Å²) < 4.78 is 12.7. The van der Waals surface area contributed by atoms with Gasteiger partial charge in [-0.05, 0) is 31.0 Å². The monoisotopic (exact) mass is 237 g/mol. The zero-order valence-electron chi connectivity index (χ0n) is 10.9. The van der Waals surface area contributed by atoms with Gasteiger partial charge in [-0.15, -0.1) is 0 Å². The highest BCUT2D eigenvalue weighted by Gasteiger charge is 2.22. The average Bonchev–Trinajstić information content (AvgIpc) is 2.20. The molecule has 0 heterocycles. The summed E-state index contributed by atoms with van der Waals surface area (Å²) in [6.45, 7) is 7.60. The van der Waals surface area contributed by atoms with Gasteiger partial charge < -0.3 is 5.32 Å². The molecule has 0 radical (unpaired) electrons. The van der Waals surface area contributed by atoms with Crippen molar-refractivity contribution in [1.29, 1.82) is 0 Å². The van der Waals surface area contributed by atoms with Crippen LogP contribution in [0.25, 0.3) is 0 Å². The number of rotatable bonds is 3. The molecule has 0 saturated carbocycles. The van der Waals surface area contributed by atoms with Crippen LogP contribution in [0.15, 0.2) is 24.3 Å². The van der Waals surface area contributed by atoms with Crippen LogP contribution in [0.1, 0.15) is 33.3 Å². The minimum Gasteiger partial charge on any atom is -0.353 e. The van der Waals surface area contributed by atoms with Gasteiger partial charge in [0.15, 0.2) is 0 Å². The highest BCUT2D eigenvalue weighted by atomic mass is 19.1. The minimum atomic E-state index is -0.378. The fraction of sp³-hybridized carbons (Fsp3) is 0.500. The molecule has 1 amide bonds. The van der Waals surface area contributed by atoms with E-state index in [0.717, 1.165) is 5.56 Å². The molecule has 0 saturated heterocycles. The van der Waals surface area contributed by atoms with Crippen LogP contribution >= 0.6 is 0 Å². The van der Waals surface area contributed by atoms with Crippen molar-refractivity contribution in [2.75, 3.05) is 0 Å². The second-order valence-electron chi connectivity index (χ2n) is 5.46. The second-order valence-corrected chi connectivity index (χ2v) is 5.46. The Bertz CT molecular complexity index is 378. The molecule has 94 valence electrons. The second kappa shape index (κ2) is 5.30. The Morgan fingerprint density at radius 2 is 1.82 bits per heavy atom. The highest BCUT2D eigenvalue weighted by Crippen LogP contribution is 2.13. The van der Waals surface area contributed by atoms with Gasteiger partial charge in [-0.2, -0.15) is 0 Å². The van der Waals surface area contributed by atoms with Crippen molar-refractivity contribution in [3.63, 3.8) is 0 Å². The Morgan fingerprint density at radius 3 is 2.29 bits per heavy atom. The normalized spacial score (nSPS) is 13.2. The summed E-state index contributed by atoms with van der Waals surface area (Å²) >= 11 is 0. The number of halogens is 1. The van der Waals surface area contributed by atoms with Gasteiger partial charge in [-0.3, -0.25) is 4.79 Å². The zero-order valence-corrected chi connectivity index (χ0v) is 10.9. The van der Waals surface area contributed by atoms with Gasteiger partial charge in [0.1, 0.15) is 5.82 Å². The van der Waals surface area contributed by atoms with Crippen molar-refractivity contribution in [1.82, 2.24) is 5.32 Å². The summed E-state index contributed by atoms with van der Waals surface area (Å²) in [6, 6.07) is 6.41. The molecule has 1 N–H and O–H groups in total. The third-order valence-electron chi connectivity index (χ3n) is 2.51. The number of carbonyl (C=O) groups excluding carboxylic acids is 1. The SMILES string of the molecule is CC(Cc1ccc(F)cc1)NC(=O)C(C)(C)C. The summed E-state index contributed by atoms with van der Waals surface area (Å²) in [5.74, 6) is -0.202. The van der Waals surface area contributed by atoms with Crippen molar-refractivity contribution in [2.45, 2.75) is 40.2 Å². The topological polar surface area (TPSA) is 29.1 Å². The lowest BCUT2D eigenvalue weighted by molar-refractivity contribution is -0.129. The largest absolute Gasteiger partial charge is 0.353 e. The Hall–Kier alpha value is -1.38. The molecule has 0 spiro atoms. The number of nitrogens with one attached hydrogen (secondary N) is 1. The van der Waals surface area contributed by atoms with E-state index in [2.05, 4.69) is 5.32 Å². The third-order valence-corrected chi connectivity index (χ3v) is 2.51. The number of benzene rings is 1. The maximum absolute atomic E-state index is 12.7. The highest BCUT2D eigenvalue weighted by molar-refractivity contribution is 5.81. The lowest BCUT2D eigenvalue weighted by Crippen LogP contribution is -2.41. The van der Waals surface area contributed by atoms with Gasteiger partial charge >= 0.3 is 0 Å². The van der Waals surface area contributed by atoms with Crippen molar-refractivity contribution in [3.8, 4) is 0 Å². The van der Waals surface area contributed by atoms with Gasteiger partial charge in [0.05, 0.1) is 0 Å². The van der Waals surface area contributed by atoms with Gasteiger partial charge in [-0.25, -0.2) is 4.39 Å². The first-order valence-corrected chi connectivity index (χ1v) is 5.84. The van der Waals surface area contributed by atoms with Crippen molar-refractivity contribution < 1.29 is 9.18 Å². The Labute approximate surface area is 102 Å². The van der Waals surface area contributed by atoms with Crippen LogP contribution in [0.5, 0.6) is 0 Å². The molecule has 1 aromatic rings. The summed E-state index contributed by atoms with van der Waals surface area (Å²) in [7, 11) is 0. The predicted octanol–water partition coefficient (Wildman–Crippen LogP) is 2.92. The summed E-state index contributed by atoms with van der Waals surface area (Å²) in [4.78, 5) is 11.7. The van der Waals surface area contributed by atoms with Crippen molar-refractivity contribution in [3.05, 3.63) is 35.6 Å². The molecule has 2 nitrogen and oxygen atoms in total. The van der Waals surface area contributed by atoms with Crippen molar-refractivity contribution in [2.24, 2.45) is 5.41 Å². The first kappa shape index (κ1) is 13.7. The van der Waals surface area contributed by atoms with Crippen LogP contribution in [0.3, 0.4) is 0 Å². The van der Waals surface area contributed by atoms with Crippen LogP contribution in [-0.2, 0) is 11.2 Å². The first-order valence-electron chi connectivity index (χ1n) is 5.84. The van der Waals surface area contributed by atoms with Crippen LogP contribution in [0.4, 0.5) is 4.39 Å². The van der Waals surface area contributed by atoms with E-state index < -0.39 is 0 Å². The van der Waals surface area contributed by atoms with Gasteiger partial charge in [0.2, 0.25) is 5.91 Å². The zero-order chi connectivity index (χ0) is 13.1. The quantitative estimate of drug-likeness (QED) is 0.860. The molecule has 0 aromatic heterocycles. The Kier molecular flexibility index (Phi) is 4.27. The van der Waals surface area contributed by atoms with E-state index in [0.29, 0.717) is 6.42 Å². The van der Waals surface area contributed by atoms with Crippen LogP contribution in [-0.4, -0.2) is 11.9 Å². The predicted molar refractivity (Wildman–Crippen MR) is 67.2 cm³/mol. The van der Waals surface area contributed by atoms with E-state index in [1.165, 1.54) is 12.1 Å². The molecule has 1 rings (SSSR count). The minimum absolute atomic E-state index is 0.0344. The number of carbonyl (C=O) groups is 1. The van der Waals surface area contributed by atoms with Crippen LogP contribution in [0, 0.1) is 11.2 Å². The van der Waals surface area contributed by atoms with E-state index >= 15 is 0 Å². The molecule has 17 heavy (non-hydrogen) atoms. The molecule has 0 fully saturated rings. The summed E-state index contributed by atoms with van der Waals surface area (Å²) in [5.41, 5.74) is 0.643. The first-order chi connectivity index (χ1) is 7.79. The molecular weight excluding hydrogens is 217 g/mol. The van der Waals surface area contributed by atoms with E-state index in [9.17, 15) is 9.18 Å². The van der Waals surface area contributed by atoms with Gasteiger partial charge in [0, 0.05) is 11.5 Å². The molecule has 0 aliphatic heterocycles. The number of hydrogen-bond acceptors (Lipinski definition) is 1.